The first-order chi connectivity index (χ1) is 8.65. The minimum atomic E-state index is -2.85. The molecule has 2 rings (SSSR count). The number of nitrogens with one attached hydrogen (secondary N) is 1. The van der Waals surface area contributed by atoms with E-state index in [9.17, 15) is 13.6 Å². The molecule has 1 N–H and O–H groups in total. The first-order valence-corrected chi connectivity index (χ1v) is 5.62. The van der Waals surface area contributed by atoms with Crippen LogP contribution in [0.5, 0.6) is 5.75 Å². The fraction of sp³-hybridized carbons (Fsp3) is 0.417. The number of hydrogen-bond donors (Lipinski definition) is 1. The molecule has 1 aromatic rings. The lowest BCUT2D eigenvalue weighted by Gasteiger charge is -2.11. The maximum absolute atomic E-state index is 11.9. The van der Waals surface area contributed by atoms with Gasteiger partial charge in [0.15, 0.2) is 0 Å². The highest BCUT2D eigenvalue weighted by atomic mass is 19.3. The van der Waals surface area contributed by atoms with Crippen molar-refractivity contribution < 1.29 is 23.0 Å². The van der Waals surface area contributed by atoms with Crippen molar-refractivity contribution in [2.75, 3.05) is 11.9 Å². The Balaban J connectivity index is 1.91. The van der Waals surface area contributed by atoms with Gasteiger partial charge in [0, 0.05) is 12.3 Å². The molecule has 98 valence electrons. The highest BCUT2D eigenvalue weighted by Crippen LogP contribution is 2.19. The SMILES string of the molecule is O=C(Nc1ccc(OC(F)F)cc1)C1CCCO1. The number of alkyl halides is 2. The van der Waals surface area contributed by atoms with Crippen molar-refractivity contribution in [2.45, 2.75) is 25.6 Å². The molecule has 1 unspecified atom stereocenters. The van der Waals surface area contributed by atoms with E-state index in [1.54, 1.807) is 0 Å². The minimum Gasteiger partial charge on any atom is -0.435 e. The molecule has 1 fully saturated rings. The maximum Gasteiger partial charge on any atom is 0.387 e. The molecule has 0 bridgehead atoms. The normalized spacial score (nSPS) is 18.9. The minimum absolute atomic E-state index is 0.0557. The van der Waals surface area contributed by atoms with E-state index in [1.807, 2.05) is 0 Å². The second-order valence-electron chi connectivity index (χ2n) is 3.89. The highest BCUT2D eigenvalue weighted by molar-refractivity contribution is 5.94. The third kappa shape index (κ3) is 3.40. The zero-order valence-electron chi connectivity index (χ0n) is 9.57. The predicted octanol–water partition coefficient (Wildman–Crippen LogP) is 2.41. The van der Waals surface area contributed by atoms with Gasteiger partial charge in [0.25, 0.3) is 5.91 Å². The molecule has 6 heteroatoms. The Hall–Kier alpha value is -1.69. The fourth-order valence-corrected chi connectivity index (χ4v) is 1.73. The van der Waals surface area contributed by atoms with Gasteiger partial charge in [-0.05, 0) is 37.1 Å². The molecule has 1 aliphatic heterocycles. The van der Waals surface area contributed by atoms with Crippen LogP contribution >= 0.6 is 0 Å². The van der Waals surface area contributed by atoms with Crippen LogP contribution in [0.3, 0.4) is 0 Å². The Kier molecular flexibility index (Phi) is 4.09. The van der Waals surface area contributed by atoms with Crippen molar-refractivity contribution in [3.8, 4) is 5.75 Å². The number of benzene rings is 1. The van der Waals surface area contributed by atoms with Gasteiger partial charge in [0.1, 0.15) is 11.9 Å². The summed E-state index contributed by atoms with van der Waals surface area (Å²) < 4.78 is 33.3. The van der Waals surface area contributed by atoms with Crippen molar-refractivity contribution in [1.82, 2.24) is 0 Å². The summed E-state index contributed by atoms with van der Waals surface area (Å²) >= 11 is 0. The van der Waals surface area contributed by atoms with Crippen LogP contribution in [0.25, 0.3) is 0 Å². The largest absolute Gasteiger partial charge is 0.435 e. The van der Waals surface area contributed by atoms with Crippen LogP contribution in [-0.2, 0) is 9.53 Å². The van der Waals surface area contributed by atoms with E-state index in [-0.39, 0.29) is 11.7 Å². The number of hydrogen-bond acceptors (Lipinski definition) is 3. The third-order valence-electron chi connectivity index (χ3n) is 2.57. The summed E-state index contributed by atoms with van der Waals surface area (Å²) in [5.41, 5.74) is 0.525. The van der Waals surface area contributed by atoms with Gasteiger partial charge in [-0.1, -0.05) is 0 Å². The number of amides is 1. The van der Waals surface area contributed by atoms with Crippen LogP contribution in [0.4, 0.5) is 14.5 Å². The number of anilines is 1. The highest BCUT2D eigenvalue weighted by Gasteiger charge is 2.23. The molecule has 18 heavy (non-hydrogen) atoms. The van der Waals surface area contributed by atoms with Crippen LogP contribution in [0.1, 0.15) is 12.8 Å². The average Bonchev–Trinajstić information content (AvgIpc) is 2.84. The van der Waals surface area contributed by atoms with Gasteiger partial charge in [-0.15, -0.1) is 0 Å². The molecule has 1 heterocycles. The molecule has 1 atom stereocenters. The van der Waals surface area contributed by atoms with Gasteiger partial charge in [-0.25, -0.2) is 0 Å². The summed E-state index contributed by atoms with van der Waals surface area (Å²) in [6.45, 7) is -2.25. The van der Waals surface area contributed by atoms with Crippen molar-refractivity contribution in [1.29, 1.82) is 0 Å². The van der Waals surface area contributed by atoms with Crippen LogP contribution in [0.15, 0.2) is 24.3 Å². The van der Waals surface area contributed by atoms with Gasteiger partial charge in [0.2, 0.25) is 0 Å². The lowest BCUT2D eigenvalue weighted by atomic mass is 10.2. The molecule has 1 saturated heterocycles. The smallest absolute Gasteiger partial charge is 0.387 e. The lowest BCUT2D eigenvalue weighted by molar-refractivity contribution is -0.124. The van der Waals surface area contributed by atoms with Crippen LogP contribution in [0, 0.1) is 0 Å². The Morgan fingerprint density at radius 3 is 2.67 bits per heavy atom. The third-order valence-corrected chi connectivity index (χ3v) is 2.57. The maximum atomic E-state index is 11.9. The molecular weight excluding hydrogens is 244 g/mol. The number of carbonyl (C=O) groups is 1. The molecule has 0 aromatic heterocycles. The predicted molar refractivity (Wildman–Crippen MR) is 60.7 cm³/mol. The van der Waals surface area contributed by atoms with E-state index >= 15 is 0 Å². The Morgan fingerprint density at radius 1 is 1.39 bits per heavy atom. The van der Waals surface area contributed by atoms with Gasteiger partial charge in [0.05, 0.1) is 0 Å². The number of rotatable bonds is 4. The van der Waals surface area contributed by atoms with Crippen molar-refractivity contribution in [2.24, 2.45) is 0 Å². The second kappa shape index (κ2) is 5.77. The zero-order valence-corrected chi connectivity index (χ0v) is 9.57. The standard InChI is InChI=1S/C12H13F2NO3/c13-12(14)18-9-5-3-8(4-6-9)15-11(16)10-2-1-7-17-10/h3-6,10,12H,1-2,7H2,(H,15,16). The average molecular weight is 257 g/mol. The van der Waals surface area contributed by atoms with Gasteiger partial charge >= 0.3 is 6.61 Å². The number of halogens is 2. The summed E-state index contributed by atoms with van der Waals surface area (Å²) in [5.74, 6) is -0.157. The van der Waals surface area contributed by atoms with Crippen LogP contribution in [0.2, 0.25) is 0 Å². The number of carbonyl (C=O) groups excluding carboxylic acids is 1. The molecule has 4 nitrogen and oxygen atoms in total. The quantitative estimate of drug-likeness (QED) is 0.901. The van der Waals surface area contributed by atoms with E-state index in [0.29, 0.717) is 18.7 Å². The van der Waals surface area contributed by atoms with Gasteiger partial charge < -0.3 is 14.8 Å². The number of ether oxygens (including phenoxy) is 2. The van der Waals surface area contributed by atoms with Crippen LogP contribution < -0.4 is 10.1 Å². The molecule has 0 saturated carbocycles. The van der Waals surface area contributed by atoms with Gasteiger partial charge in [-0.2, -0.15) is 8.78 Å². The first-order valence-electron chi connectivity index (χ1n) is 5.62. The first kappa shape index (κ1) is 12.8. The summed E-state index contributed by atoms with van der Waals surface area (Å²) in [7, 11) is 0. The Labute approximate surface area is 103 Å². The second-order valence-corrected chi connectivity index (χ2v) is 3.89. The molecule has 0 aliphatic carbocycles. The van der Waals surface area contributed by atoms with E-state index in [1.165, 1.54) is 24.3 Å². The van der Waals surface area contributed by atoms with E-state index in [2.05, 4.69) is 10.1 Å². The summed E-state index contributed by atoms with van der Waals surface area (Å²) in [6.07, 6.45) is 1.17. The molecular formula is C12H13F2NO3. The van der Waals surface area contributed by atoms with Crippen LogP contribution in [-0.4, -0.2) is 25.2 Å². The van der Waals surface area contributed by atoms with E-state index in [4.69, 9.17) is 4.74 Å². The molecule has 0 spiro atoms. The molecule has 0 radical (unpaired) electrons. The van der Waals surface area contributed by atoms with Gasteiger partial charge in [-0.3, -0.25) is 4.79 Å². The molecule has 1 aromatic carbocycles. The summed E-state index contributed by atoms with van der Waals surface area (Å²) in [6, 6.07) is 5.75. The zero-order chi connectivity index (χ0) is 13.0. The fourth-order valence-electron chi connectivity index (χ4n) is 1.73. The monoisotopic (exact) mass is 257 g/mol. The molecule has 1 aliphatic rings. The summed E-state index contributed by atoms with van der Waals surface area (Å²) in [5, 5.41) is 2.66. The Morgan fingerprint density at radius 2 is 2.11 bits per heavy atom. The van der Waals surface area contributed by atoms with Crippen molar-refractivity contribution >= 4 is 11.6 Å². The summed E-state index contributed by atoms with van der Waals surface area (Å²) in [4.78, 5) is 11.7. The van der Waals surface area contributed by atoms with Crippen molar-refractivity contribution in [3.05, 3.63) is 24.3 Å². The van der Waals surface area contributed by atoms with E-state index in [0.717, 1.165) is 6.42 Å². The molecule has 1 amide bonds. The topological polar surface area (TPSA) is 47.6 Å². The lowest BCUT2D eigenvalue weighted by Crippen LogP contribution is -2.26. The Bertz CT molecular complexity index is 402. The van der Waals surface area contributed by atoms with E-state index < -0.39 is 12.7 Å². The van der Waals surface area contributed by atoms with Crippen molar-refractivity contribution in [3.63, 3.8) is 0 Å².